The number of nitrogens with one attached hydrogen (secondary N) is 1. The van der Waals surface area contributed by atoms with Gasteiger partial charge in [-0.1, -0.05) is 24.3 Å². The van der Waals surface area contributed by atoms with E-state index >= 15 is 0 Å². The molecule has 0 bridgehead atoms. The van der Waals surface area contributed by atoms with Gasteiger partial charge in [-0.25, -0.2) is 0 Å². The van der Waals surface area contributed by atoms with E-state index in [0.717, 1.165) is 6.42 Å². The van der Waals surface area contributed by atoms with Crippen molar-refractivity contribution in [2.24, 2.45) is 0 Å². The smallest absolute Gasteiger partial charge is 0.270 e. The molecule has 2 aliphatic rings. The number of nitrogens with zero attached hydrogens (tertiary/aromatic N) is 1. The van der Waals surface area contributed by atoms with Gasteiger partial charge in [-0.2, -0.15) is 0 Å². The first-order valence-electron chi connectivity index (χ1n) is 8.70. The lowest BCUT2D eigenvalue weighted by Gasteiger charge is -2.41. The summed E-state index contributed by atoms with van der Waals surface area (Å²) in [5.74, 6) is 0.382. The fourth-order valence-corrected chi connectivity index (χ4v) is 3.63. The number of allylic oxidation sites excluding steroid dienone is 1. The van der Waals surface area contributed by atoms with E-state index < -0.39 is 0 Å². The van der Waals surface area contributed by atoms with E-state index in [0.29, 0.717) is 30.1 Å². The summed E-state index contributed by atoms with van der Waals surface area (Å²) in [7, 11) is 1.58. The molecule has 2 aromatic carbocycles. The molecule has 5 nitrogen and oxygen atoms in total. The van der Waals surface area contributed by atoms with E-state index in [4.69, 9.17) is 4.74 Å². The van der Waals surface area contributed by atoms with E-state index in [1.54, 1.807) is 31.4 Å². The number of carbonyl (C=O) groups is 2. The summed E-state index contributed by atoms with van der Waals surface area (Å²) in [5.41, 5.74) is 3.38. The highest BCUT2D eigenvalue weighted by molar-refractivity contribution is 6.09. The zero-order chi connectivity index (χ0) is 18.1. The number of hydrogen-bond donors (Lipinski definition) is 1. The quantitative estimate of drug-likeness (QED) is 0.684. The normalized spacial score (nSPS) is 20.2. The van der Waals surface area contributed by atoms with Crippen LogP contribution in [0.3, 0.4) is 0 Å². The number of hydrogen-bond acceptors (Lipinski definition) is 4. The van der Waals surface area contributed by atoms with Crippen molar-refractivity contribution in [1.82, 2.24) is 10.2 Å². The lowest BCUT2D eigenvalue weighted by Crippen LogP contribution is -2.51. The molecule has 4 rings (SSSR count). The van der Waals surface area contributed by atoms with Crippen molar-refractivity contribution in [1.29, 1.82) is 0 Å². The summed E-state index contributed by atoms with van der Waals surface area (Å²) in [6, 6.07) is 15.1. The third-order valence-electron chi connectivity index (χ3n) is 5.04. The maximum atomic E-state index is 12.9. The van der Waals surface area contributed by atoms with Crippen LogP contribution in [0.25, 0.3) is 0 Å². The van der Waals surface area contributed by atoms with Gasteiger partial charge in [-0.15, -0.1) is 0 Å². The first-order valence-corrected chi connectivity index (χ1v) is 8.70. The molecule has 1 amide bonds. The highest BCUT2D eigenvalue weighted by Gasteiger charge is 2.36. The molecule has 0 spiro atoms. The van der Waals surface area contributed by atoms with Crippen LogP contribution in [-0.4, -0.2) is 36.8 Å². The van der Waals surface area contributed by atoms with Crippen LogP contribution in [0.2, 0.25) is 0 Å². The number of ketones is 1. The summed E-state index contributed by atoms with van der Waals surface area (Å²) in [6.07, 6.45) is 2.25. The second kappa shape index (κ2) is 6.67. The fourth-order valence-electron chi connectivity index (χ4n) is 3.63. The molecular weight excluding hydrogens is 328 g/mol. The van der Waals surface area contributed by atoms with Crippen molar-refractivity contribution in [3.05, 3.63) is 77.0 Å². The second-order valence-corrected chi connectivity index (χ2v) is 6.49. The topological polar surface area (TPSA) is 58.6 Å². The molecule has 1 N–H and O–H groups in total. The highest BCUT2D eigenvalue weighted by atomic mass is 16.5. The van der Waals surface area contributed by atoms with Crippen LogP contribution in [0.1, 0.15) is 27.5 Å². The Kier molecular flexibility index (Phi) is 4.21. The van der Waals surface area contributed by atoms with Gasteiger partial charge in [0, 0.05) is 24.7 Å². The largest absolute Gasteiger partial charge is 0.497 e. The molecule has 2 heterocycles. The molecule has 132 valence electrons. The van der Waals surface area contributed by atoms with Gasteiger partial charge in [0.05, 0.1) is 13.2 Å². The van der Waals surface area contributed by atoms with Crippen molar-refractivity contribution >= 4 is 11.7 Å². The minimum Gasteiger partial charge on any atom is -0.497 e. The average Bonchev–Trinajstić information content (AvgIpc) is 2.69. The maximum Gasteiger partial charge on any atom is 0.270 e. The van der Waals surface area contributed by atoms with Crippen LogP contribution in [0, 0.1) is 0 Å². The number of rotatable bonds is 3. The van der Waals surface area contributed by atoms with Crippen molar-refractivity contribution < 1.29 is 14.3 Å². The molecule has 0 radical (unpaired) electrons. The molecule has 0 aliphatic carbocycles. The third-order valence-corrected chi connectivity index (χ3v) is 5.04. The molecular formula is C21H20N2O3. The van der Waals surface area contributed by atoms with E-state index in [1.807, 2.05) is 17.0 Å². The minimum atomic E-state index is -0.195. The molecule has 0 unspecified atom stereocenters. The number of benzene rings is 2. The Labute approximate surface area is 152 Å². The van der Waals surface area contributed by atoms with Crippen molar-refractivity contribution in [2.45, 2.75) is 12.5 Å². The lowest BCUT2D eigenvalue weighted by atomic mass is 9.90. The van der Waals surface area contributed by atoms with Gasteiger partial charge >= 0.3 is 0 Å². The number of fused-ring (bicyclic) bond motifs is 3. The van der Waals surface area contributed by atoms with Gasteiger partial charge < -0.3 is 15.0 Å². The van der Waals surface area contributed by atoms with Gasteiger partial charge in [-0.05, 0) is 41.8 Å². The minimum absolute atomic E-state index is 0.0284. The maximum absolute atomic E-state index is 12.9. The van der Waals surface area contributed by atoms with E-state index in [2.05, 4.69) is 17.4 Å². The highest BCUT2D eigenvalue weighted by Crippen LogP contribution is 2.32. The number of methoxy groups -OCH3 is 1. The standard InChI is InChI=1S/C21H20N2O3/c1-26-16-8-6-15(7-9-16)20(24)12-18-21(25)23-11-10-14-4-2-3-5-17(14)19(23)13-22-18/h2-9,12,19,22H,10-11,13H2,1H3/b18-12+/t19-/m0/s1. The third kappa shape index (κ3) is 2.86. The monoisotopic (exact) mass is 348 g/mol. The predicted octanol–water partition coefficient (Wildman–Crippen LogP) is 2.49. The van der Waals surface area contributed by atoms with Gasteiger partial charge in [-0.3, -0.25) is 9.59 Å². The average molecular weight is 348 g/mol. The summed E-state index contributed by atoms with van der Waals surface area (Å²) < 4.78 is 5.10. The van der Waals surface area contributed by atoms with Gasteiger partial charge in [0.2, 0.25) is 0 Å². The van der Waals surface area contributed by atoms with Crippen molar-refractivity contribution in [3.8, 4) is 5.75 Å². The number of amides is 1. The lowest BCUT2D eigenvalue weighted by molar-refractivity contribution is -0.132. The van der Waals surface area contributed by atoms with E-state index in [9.17, 15) is 9.59 Å². The second-order valence-electron chi connectivity index (χ2n) is 6.49. The number of piperazine rings is 1. The number of ether oxygens (including phenoxy) is 1. The molecule has 1 fully saturated rings. The van der Waals surface area contributed by atoms with Crippen molar-refractivity contribution in [3.63, 3.8) is 0 Å². The van der Waals surface area contributed by atoms with Crippen LogP contribution in [0.4, 0.5) is 0 Å². The van der Waals surface area contributed by atoms with Crippen molar-refractivity contribution in [2.75, 3.05) is 20.2 Å². The SMILES string of the molecule is COc1ccc(C(=O)/C=C2/NC[C@H]3c4ccccc4CCN3C2=O)cc1. The zero-order valence-corrected chi connectivity index (χ0v) is 14.6. The number of carbonyl (C=O) groups excluding carboxylic acids is 2. The Balaban J connectivity index is 1.55. The molecule has 5 heteroatoms. The van der Waals surface area contributed by atoms with Gasteiger partial charge in [0.25, 0.3) is 5.91 Å². The Bertz CT molecular complexity index is 886. The van der Waals surface area contributed by atoms with Crippen LogP contribution in [-0.2, 0) is 11.2 Å². The fraction of sp³-hybridized carbons (Fsp3) is 0.238. The summed E-state index contributed by atoms with van der Waals surface area (Å²) in [6.45, 7) is 1.29. The molecule has 26 heavy (non-hydrogen) atoms. The van der Waals surface area contributed by atoms with E-state index in [1.165, 1.54) is 17.2 Å². The Morgan fingerprint density at radius 2 is 1.96 bits per heavy atom. The van der Waals surface area contributed by atoms with Crippen LogP contribution >= 0.6 is 0 Å². The van der Waals surface area contributed by atoms with Crippen LogP contribution < -0.4 is 10.1 Å². The summed E-state index contributed by atoms with van der Waals surface area (Å²) in [4.78, 5) is 27.2. The molecule has 1 saturated heterocycles. The molecule has 2 aliphatic heterocycles. The molecule has 1 atom stereocenters. The predicted molar refractivity (Wildman–Crippen MR) is 98.0 cm³/mol. The Hall–Kier alpha value is -3.08. The van der Waals surface area contributed by atoms with Gasteiger partial charge in [0.1, 0.15) is 11.4 Å². The first-order chi connectivity index (χ1) is 12.7. The van der Waals surface area contributed by atoms with Gasteiger partial charge in [0.15, 0.2) is 5.78 Å². The first kappa shape index (κ1) is 16.4. The Morgan fingerprint density at radius 3 is 2.73 bits per heavy atom. The Morgan fingerprint density at radius 1 is 1.19 bits per heavy atom. The van der Waals surface area contributed by atoms with Crippen LogP contribution in [0.15, 0.2) is 60.3 Å². The van der Waals surface area contributed by atoms with E-state index in [-0.39, 0.29) is 17.7 Å². The van der Waals surface area contributed by atoms with Crippen LogP contribution in [0.5, 0.6) is 5.75 Å². The molecule has 0 saturated carbocycles. The molecule has 0 aromatic heterocycles. The molecule has 2 aromatic rings. The summed E-state index contributed by atoms with van der Waals surface area (Å²) >= 11 is 0. The zero-order valence-electron chi connectivity index (χ0n) is 14.6. The summed E-state index contributed by atoms with van der Waals surface area (Å²) in [5, 5.41) is 3.16.